The third-order valence-electron chi connectivity index (χ3n) is 3.72. The first kappa shape index (κ1) is 18.8. The van der Waals surface area contributed by atoms with Crippen LogP contribution in [0.3, 0.4) is 0 Å². The van der Waals surface area contributed by atoms with Gasteiger partial charge in [-0.05, 0) is 26.2 Å². The molecule has 1 aliphatic heterocycles. The molecule has 5 unspecified atom stereocenters. The first-order valence-corrected chi connectivity index (χ1v) is 8.01. The molecule has 5 heteroatoms. The summed E-state index contributed by atoms with van der Waals surface area (Å²) in [5.41, 5.74) is -0.111. The summed E-state index contributed by atoms with van der Waals surface area (Å²) in [6.45, 7) is 14.2. The highest BCUT2D eigenvalue weighted by molar-refractivity contribution is 4.98. The van der Waals surface area contributed by atoms with Crippen LogP contribution in [0.5, 0.6) is 0 Å². The first-order valence-electron chi connectivity index (χ1n) is 8.01. The minimum Gasteiger partial charge on any atom is -0.387 e. The zero-order valence-electron chi connectivity index (χ0n) is 14.3. The van der Waals surface area contributed by atoms with Crippen molar-refractivity contribution in [1.82, 2.24) is 0 Å². The van der Waals surface area contributed by atoms with Crippen molar-refractivity contribution in [3.63, 3.8) is 0 Å². The van der Waals surface area contributed by atoms with E-state index in [1.807, 2.05) is 20.8 Å². The van der Waals surface area contributed by atoms with Crippen LogP contribution < -0.4 is 0 Å². The number of hydrogen-bond donors (Lipinski definition) is 1. The van der Waals surface area contributed by atoms with Gasteiger partial charge in [0.1, 0.15) is 24.4 Å². The monoisotopic (exact) mass is 304 g/mol. The Balaban J connectivity index is 2.97. The van der Waals surface area contributed by atoms with Crippen LogP contribution in [0.4, 0.5) is 0 Å². The maximum absolute atomic E-state index is 10.6. The lowest BCUT2D eigenvalue weighted by Gasteiger charge is -2.48. The Bertz CT molecular complexity index is 289. The van der Waals surface area contributed by atoms with Crippen LogP contribution in [-0.4, -0.2) is 62.1 Å². The van der Waals surface area contributed by atoms with Gasteiger partial charge in [0.15, 0.2) is 0 Å². The SMILES string of the molecule is CCOCC1OC(C(C)(C)C)C(OCC)C(OCC)C1O. The number of aliphatic hydroxyl groups excluding tert-OH is 1. The van der Waals surface area contributed by atoms with Gasteiger partial charge in [-0.1, -0.05) is 20.8 Å². The highest BCUT2D eigenvalue weighted by atomic mass is 16.6. The van der Waals surface area contributed by atoms with Crippen molar-refractivity contribution >= 4 is 0 Å². The second kappa shape index (κ2) is 8.44. The van der Waals surface area contributed by atoms with Crippen molar-refractivity contribution in [3.8, 4) is 0 Å². The molecule has 0 saturated carbocycles. The van der Waals surface area contributed by atoms with E-state index in [9.17, 15) is 5.11 Å². The van der Waals surface area contributed by atoms with Gasteiger partial charge in [0, 0.05) is 19.8 Å². The molecular formula is C16H32O5. The zero-order chi connectivity index (χ0) is 16.0. The second-order valence-electron chi connectivity index (χ2n) is 6.45. The maximum atomic E-state index is 10.6. The molecule has 0 radical (unpaired) electrons. The van der Waals surface area contributed by atoms with Crippen molar-refractivity contribution < 1.29 is 24.1 Å². The topological polar surface area (TPSA) is 57.2 Å². The smallest absolute Gasteiger partial charge is 0.115 e. The Morgan fingerprint density at radius 3 is 2.00 bits per heavy atom. The summed E-state index contributed by atoms with van der Waals surface area (Å²) in [5.74, 6) is 0. The van der Waals surface area contributed by atoms with Gasteiger partial charge in [0.2, 0.25) is 0 Å². The van der Waals surface area contributed by atoms with E-state index in [0.717, 1.165) is 0 Å². The van der Waals surface area contributed by atoms with Crippen LogP contribution >= 0.6 is 0 Å². The van der Waals surface area contributed by atoms with Crippen molar-refractivity contribution in [1.29, 1.82) is 0 Å². The fraction of sp³-hybridized carbons (Fsp3) is 1.00. The van der Waals surface area contributed by atoms with Crippen LogP contribution in [0.25, 0.3) is 0 Å². The summed E-state index contributed by atoms with van der Waals surface area (Å²) in [6.07, 6.45) is -1.95. The maximum Gasteiger partial charge on any atom is 0.115 e. The molecule has 5 atom stereocenters. The summed E-state index contributed by atoms with van der Waals surface area (Å²) in [7, 11) is 0. The average molecular weight is 304 g/mol. The number of aliphatic hydroxyl groups is 1. The van der Waals surface area contributed by atoms with E-state index in [-0.39, 0.29) is 23.7 Å². The molecule has 5 nitrogen and oxygen atoms in total. The molecular weight excluding hydrogens is 272 g/mol. The van der Waals surface area contributed by atoms with Crippen molar-refractivity contribution in [2.45, 2.75) is 72.1 Å². The summed E-state index contributed by atoms with van der Waals surface area (Å²) in [4.78, 5) is 0. The Morgan fingerprint density at radius 1 is 0.952 bits per heavy atom. The van der Waals surface area contributed by atoms with Gasteiger partial charge in [-0.15, -0.1) is 0 Å². The van der Waals surface area contributed by atoms with Gasteiger partial charge in [-0.3, -0.25) is 0 Å². The molecule has 1 aliphatic rings. The predicted molar refractivity (Wildman–Crippen MR) is 81.4 cm³/mol. The summed E-state index contributed by atoms with van der Waals surface area (Å²) in [6, 6.07) is 0. The average Bonchev–Trinajstić information content (AvgIpc) is 2.40. The molecule has 0 aromatic rings. The third kappa shape index (κ3) is 4.89. The predicted octanol–water partition coefficient (Wildman–Crippen LogP) is 2.01. The van der Waals surface area contributed by atoms with E-state index in [0.29, 0.717) is 26.4 Å². The standard InChI is InChI=1S/C16H32O5/c1-7-18-10-11-12(17)13(19-8-2)14(20-9-3)15(21-11)16(4,5)6/h11-15,17H,7-10H2,1-6H3. The molecule has 0 aromatic heterocycles. The van der Waals surface area contributed by atoms with E-state index in [4.69, 9.17) is 18.9 Å². The highest BCUT2D eigenvalue weighted by Gasteiger charge is 2.50. The van der Waals surface area contributed by atoms with Gasteiger partial charge in [0.25, 0.3) is 0 Å². The number of ether oxygens (including phenoxy) is 4. The molecule has 1 fully saturated rings. The molecule has 0 amide bonds. The number of rotatable bonds is 7. The number of hydrogen-bond acceptors (Lipinski definition) is 5. The molecule has 0 bridgehead atoms. The van der Waals surface area contributed by atoms with E-state index >= 15 is 0 Å². The van der Waals surface area contributed by atoms with Crippen LogP contribution in [-0.2, 0) is 18.9 Å². The van der Waals surface area contributed by atoms with Gasteiger partial charge in [0.05, 0.1) is 12.7 Å². The quantitative estimate of drug-likeness (QED) is 0.779. The zero-order valence-corrected chi connectivity index (χ0v) is 14.3. The Hall–Kier alpha value is -0.200. The van der Waals surface area contributed by atoms with E-state index < -0.39 is 12.2 Å². The molecule has 126 valence electrons. The molecule has 0 aromatic carbocycles. The van der Waals surface area contributed by atoms with E-state index in [1.54, 1.807) is 0 Å². The van der Waals surface area contributed by atoms with Gasteiger partial charge in [-0.25, -0.2) is 0 Å². The van der Waals surface area contributed by atoms with Crippen molar-refractivity contribution in [2.75, 3.05) is 26.4 Å². The van der Waals surface area contributed by atoms with Gasteiger partial charge >= 0.3 is 0 Å². The fourth-order valence-corrected chi connectivity index (χ4v) is 2.75. The minimum atomic E-state index is -0.744. The normalized spacial score (nSPS) is 34.1. The molecule has 21 heavy (non-hydrogen) atoms. The summed E-state index contributed by atoms with van der Waals surface area (Å²) < 4.78 is 23.2. The molecule has 0 spiro atoms. The van der Waals surface area contributed by atoms with Gasteiger partial charge in [-0.2, -0.15) is 0 Å². The Kier molecular flexibility index (Phi) is 7.57. The highest BCUT2D eigenvalue weighted by Crippen LogP contribution is 2.35. The van der Waals surface area contributed by atoms with Crippen molar-refractivity contribution in [2.24, 2.45) is 5.41 Å². The van der Waals surface area contributed by atoms with Crippen LogP contribution in [0.1, 0.15) is 41.5 Å². The van der Waals surface area contributed by atoms with E-state index in [1.165, 1.54) is 0 Å². The lowest BCUT2D eigenvalue weighted by Crippen LogP contribution is -2.63. The van der Waals surface area contributed by atoms with Crippen LogP contribution in [0.2, 0.25) is 0 Å². The molecule has 1 rings (SSSR count). The van der Waals surface area contributed by atoms with Crippen LogP contribution in [0.15, 0.2) is 0 Å². The van der Waals surface area contributed by atoms with E-state index in [2.05, 4.69) is 20.8 Å². The first-order chi connectivity index (χ1) is 9.86. The fourth-order valence-electron chi connectivity index (χ4n) is 2.75. The van der Waals surface area contributed by atoms with Crippen molar-refractivity contribution in [3.05, 3.63) is 0 Å². The summed E-state index contributed by atoms with van der Waals surface area (Å²) in [5, 5.41) is 10.6. The van der Waals surface area contributed by atoms with Crippen LogP contribution in [0, 0.1) is 5.41 Å². The summed E-state index contributed by atoms with van der Waals surface area (Å²) >= 11 is 0. The lowest BCUT2D eigenvalue weighted by atomic mass is 9.80. The van der Waals surface area contributed by atoms with Gasteiger partial charge < -0.3 is 24.1 Å². The Labute approximate surface area is 128 Å². The second-order valence-corrected chi connectivity index (χ2v) is 6.45. The molecule has 1 heterocycles. The molecule has 1 saturated heterocycles. The Morgan fingerprint density at radius 2 is 1.52 bits per heavy atom. The minimum absolute atomic E-state index is 0.111. The largest absolute Gasteiger partial charge is 0.387 e. The molecule has 0 aliphatic carbocycles. The lowest BCUT2D eigenvalue weighted by molar-refractivity contribution is -0.272. The molecule has 1 N–H and O–H groups in total. The third-order valence-corrected chi connectivity index (χ3v) is 3.72.